The number of likely N-dealkylation sites (tertiary alicyclic amines) is 1. The molecule has 1 aliphatic rings. The van der Waals surface area contributed by atoms with Crippen LogP contribution in [0.5, 0.6) is 0 Å². The standard InChI is InChI=1S/C17H25N5O2/c1-24-12-2-8-21-9-5-13(6-10-21)20-17(23)14-3-4-15(18)22-11-7-19-16(14)22/h3-4,7,11,13H,2,5-6,8-10,12,18H2,1H3,(H,20,23). The molecule has 7 heteroatoms. The molecule has 3 N–H and O–H groups in total. The third kappa shape index (κ3) is 3.68. The van der Waals surface area contributed by atoms with Crippen molar-refractivity contribution < 1.29 is 9.53 Å². The SMILES string of the molecule is COCCCN1CCC(NC(=O)c2ccc(N)n3ccnc23)CC1. The Bertz CT molecular complexity index is 691. The second kappa shape index (κ2) is 7.63. The average Bonchev–Trinajstić information content (AvgIpc) is 3.07. The lowest BCUT2D eigenvalue weighted by Gasteiger charge is -2.32. The van der Waals surface area contributed by atoms with Gasteiger partial charge in [-0.3, -0.25) is 9.20 Å². The van der Waals surface area contributed by atoms with Crippen LogP contribution in [0.4, 0.5) is 5.82 Å². The van der Waals surface area contributed by atoms with Crippen LogP contribution in [-0.4, -0.2) is 59.6 Å². The third-order valence-electron chi connectivity index (χ3n) is 4.57. The molecule has 1 amide bonds. The van der Waals surface area contributed by atoms with Gasteiger partial charge >= 0.3 is 0 Å². The summed E-state index contributed by atoms with van der Waals surface area (Å²) >= 11 is 0. The van der Waals surface area contributed by atoms with Crippen LogP contribution in [0.1, 0.15) is 29.6 Å². The molecular weight excluding hydrogens is 306 g/mol. The van der Waals surface area contributed by atoms with Gasteiger partial charge in [0.1, 0.15) is 5.82 Å². The molecule has 0 radical (unpaired) electrons. The molecule has 0 unspecified atom stereocenters. The summed E-state index contributed by atoms with van der Waals surface area (Å²) in [6.07, 6.45) is 6.41. The zero-order chi connectivity index (χ0) is 16.9. The number of carbonyl (C=O) groups is 1. The number of rotatable bonds is 6. The Kier molecular flexibility index (Phi) is 5.32. The quantitative estimate of drug-likeness (QED) is 0.776. The maximum Gasteiger partial charge on any atom is 0.255 e. The molecule has 0 spiro atoms. The lowest BCUT2D eigenvalue weighted by Crippen LogP contribution is -2.45. The molecule has 3 heterocycles. The fourth-order valence-corrected chi connectivity index (χ4v) is 3.21. The largest absolute Gasteiger partial charge is 0.385 e. The van der Waals surface area contributed by atoms with E-state index in [0.717, 1.165) is 45.5 Å². The van der Waals surface area contributed by atoms with Gasteiger partial charge in [-0.2, -0.15) is 0 Å². The second-order valence-electron chi connectivity index (χ2n) is 6.23. The minimum absolute atomic E-state index is 0.0796. The van der Waals surface area contributed by atoms with Crippen molar-refractivity contribution in [3.05, 3.63) is 30.1 Å². The van der Waals surface area contributed by atoms with E-state index in [1.807, 2.05) is 0 Å². The van der Waals surface area contributed by atoms with E-state index >= 15 is 0 Å². The zero-order valence-corrected chi connectivity index (χ0v) is 14.1. The van der Waals surface area contributed by atoms with Gasteiger partial charge in [0.2, 0.25) is 0 Å². The molecule has 1 saturated heterocycles. The number of imidazole rings is 1. The van der Waals surface area contributed by atoms with Crippen molar-refractivity contribution >= 4 is 17.4 Å². The summed E-state index contributed by atoms with van der Waals surface area (Å²) in [5.41, 5.74) is 7.06. The highest BCUT2D eigenvalue weighted by Gasteiger charge is 2.22. The highest BCUT2D eigenvalue weighted by Crippen LogP contribution is 2.16. The molecule has 0 aromatic carbocycles. The lowest BCUT2D eigenvalue weighted by atomic mass is 10.0. The van der Waals surface area contributed by atoms with Crippen molar-refractivity contribution in [2.75, 3.05) is 39.1 Å². The highest BCUT2D eigenvalue weighted by molar-refractivity contribution is 6.00. The lowest BCUT2D eigenvalue weighted by molar-refractivity contribution is 0.0908. The van der Waals surface area contributed by atoms with Crippen molar-refractivity contribution in [2.24, 2.45) is 0 Å². The van der Waals surface area contributed by atoms with E-state index in [9.17, 15) is 4.79 Å². The maximum atomic E-state index is 12.6. The van der Waals surface area contributed by atoms with Gasteiger partial charge < -0.3 is 20.7 Å². The number of amides is 1. The number of hydrogen-bond donors (Lipinski definition) is 2. The Labute approximate surface area is 141 Å². The molecule has 0 saturated carbocycles. The Morgan fingerprint density at radius 1 is 1.42 bits per heavy atom. The predicted octanol–water partition coefficient (Wildman–Crippen LogP) is 1.15. The van der Waals surface area contributed by atoms with E-state index in [1.54, 1.807) is 36.0 Å². The number of nitrogens with zero attached hydrogens (tertiary/aromatic N) is 3. The number of piperidine rings is 1. The molecule has 1 fully saturated rings. The molecule has 130 valence electrons. The highest BCUT2D eigenvalue weighted by atomic mass is 16.5. The van der Waals surface area contributed by atoms with Gasteiger partial charge in [0, 0.05) is 51.8 Å². The smallest absolute Gasteiger partial charge is 0.255 e. The number of nitrogens with two attached hydrogens (primary N) is 1. The molecule has 0 bridgehead atoms. The molecule has 0 atom stereocenters. The number of nitrogens with one attached hydrogen (secondary N) is 1. The Hall–Kier alpha value is -2.12. The van der Waals surface area contributed by atoms with Gasteiger partial charge in [-0.15, -0.1) is 0 Å². The Morgan fingerprint density at radius 3 is 2.96 bits per heavy atom. The van der Waals surface area contributed by atoms with Crippen molar-refractivity contribution in [3.8, 4) is 0 Å². The number of nitrogen functional groups attached to an aromatic ring is 1. The summed E-state index contributed by atoms with van der Waals surface area (Å²) < 4.78 is 6.82. The topological polar surface area (TPSA) is 84.9 Å². The van der Waals surface area contributed by atoms with Gasteiger partial charge in [0.15, 0.2) is 5.65 Å². The first-order chi connectivity index (χ1) is 11.7. The normalized spacial score (nSPS) is 16.5. The van der Waals surface area contributed by atoms with Crippen LogP contribution in [0, 0.1) is 0 Å². The van der Waals surface area contributed by atoms with Crippen molar-refractivity contribution in [1.82, 2.24) is 19.6 Å². The average molecular weight is 331 g/mol. The summed E-state index contributed by atoms with van der Waals surface area (Å²) in [6.45, 7) is 3.87. The van der Waals surface area contributed by atoms with Gasteiger partial charge in [-0.1, -0.05) is 0 Å². The fourth-order valence-electron chi connectivity index (χ4n) is 3.21. The van der Waals surface area contributed by atoms with E-state index in [0.29, 0.717) is 17.0 Å². The zero-order valence-electron chi connectivity index (χ0n) is 14.1. The number of anilines is 1. The molecule has 3 rings (SSSR count). The number of hydrogen-bond acceptors (Lipinski definition) is 5. The fraction of sp³-hybridized carbons (Fsp3) is 0.529. The van der Waals surface area contributed by atoms with E-state index in [1.165, 1.54) is 0 Å². The molecule has 2 aromatic heterocycles. The van der Waals surface area contributed by atoms with Crippen LogP contribution >= 0.6 is 0 Å². The van der Waals surface area contributed by atoms with Crippen LogP contribution in [0.15, 0.2) is 24.5 Å². The molecule has 7 nitrogen and oxygen atoms in total. The summed E-state index contributed by atoms with van der Waals surface area (Å²) in [7, 11) is 1.73. The molecule has 0 aliphatic carbocycles. The first kappa shape index (κ1) is 16.7. The number of fused-ring (bicyclic) bond motifs is 1. The number of aromatic nitrogens is 2. The number of methoxy groups -OCH3 is 1. The van der Waals surface area contributed by atoms with E-state index in [2.05, 4.69) is 15.2 Å². The predicted molar refractivity (Wildman–Crippen MR) is 93.0 cm³/mol. The van der Waals surface area contributed by atoms with Gasteiger partial charge in [0.25, 0.3) is 5.91 Å². The van der Waals surface area contributed by atoms with E-state index in [4.69, 9.17) is 10.5 Å². The third-order valence-corrected chi connectivity index (χ3v) is 4.57. The maximum absolute atomic E-state index is 12.6. The summed E-state index contributed by atoms with van der Waals surface area (Å²) in [5.74, 6) is 0.493. The molecule has 2 aromatic rings. The van der Waals surface area contributed by atoms with Gasteiger partial charge in [-0.05, 0) is 31.4 Å². The van der Waals surface area contributed by atoms with Gasteiger partial charge in [0.05, 0.1) is 5.56 Å². The molecular formula is C17H25N5O2. The van der Waals surface area contributed by atoms with Crippen LogP contribution in [0.3, 0.4) is 0 Å². The Morgan fingerprint density at radius 2 is 2.21 bits per heavy atom. The second-order valence-corrected chi connectivity index (χ2v) is 6.23. The number of pyridine rings is 1. The minimum Gasteiger partial charge on any atom is -0.385 e. The van der Waals surface area contributed by atoms with Crippen LogP contribution in [-0.2, 0) is 4.74 Å². The van der Waals surface area contributed by atoms with Crippen molar-refractivity contribution in [1.29, 1.82) is 0 Å². The summed E-state index contributed by atoms with van der Waals surface area (Å²) in [5, 5.41) is 3.14. The number of carbonyl (C=O) groups excluding carboxylic acids is 1. The summed E-state index contributed by atoms with van der Waals surface area (Å²) in [4.78, 5) is 19.3. The van der Waals surface area contributed by atoms with Crippen LogP contribution < -0.4 is 11.1 Å². The van der Waals surface area contributed by atoms with E-state index in [-0.39, 0.29) is 11.9 Å². The van der Waals surface area contributed by atoms with E-state index < -0.39 is 0 Å². The van der Waals surface area contributed by atoms with Crippen molar-refractivity contribution in [3.63, 3.8) is 0 Å². The number of ether oxygens (including phenoxy) is 1. The first-order valence-corrected chi connectivity index (χ1v) is 8.42. The van der Waals surface area contributed by atoms with Crippen molar-refractivity contribution in [2.45, 2.75) is 25.3 Å². The molecule has 1 aliphatic heterocycles. The Balaban J connectivity index is 1.56. The monoisotopic (exact) mass is 331 g/mol. The molecule has 24 heavy (non-hydrogen) atoms. The minimum atomic E-state index is -0.0796. The van der Waals surface area contributed by atoms with Gasteiger partial charge in [-0.25, -0.2) is 4.98 Å². The van der Waals surface area contributed by atoms with Crippen LogP contribution in [0.2, 0.25) is 0 Å². The summed E-state index contributed by atoms with van der Waals surface area (Å²) in [6, 6.07) is 3.69. The first-order valence-electron chi connectivity index (χ1n) is 8.42. The van der Waals surface area contributed by atoms with Crippen LogP contribution in [0.25, 0.3) is 5.65 Å².